The van der Waals surface area contributed by atoms with Crippen molar-refractivity contribution in [1.29, 1.82) is 0 Å². The lowest BCUT2D eigenvalue weighted by Crippen LogP contribution is -2.78. The van der Waals surface area contributed by atoms with Crippen LogP contribution in [0.1, 0.15) is 75.9 Å². The number of β-lactam (4-membered cyclic amide) rings is 2. The minimum Gasteiger partial charge on any atom is -0.486 e. The van der Waals surface area contributed by atoms with Crippen LogP contribution in [0.25, 0.3) is 22.3 Å². The lowest BCUT2D eigenvalue weighted by atomic mass is 9.84. The summed E-state index contributed by atoms with van der Waals surface area (Å²) in [7, 11) is -1.25. The van der Waals surface area contributed by atoms with Crippen LogP contribution in [0.3, 0.4) is 0 Å². The Hall–Kier alpha value is -8.07. The van der Waals surface area contributed by atoms with Crippen molar-refractivity contribution in [1.82, 2.24) is 40.1 Å². The number of thiazole rings is 2. The predicted molar refractivity (Wildman–Crippen MR) is 310 cm³/mol. The Morgan fingerprint density at radius 1 is 0.694 bits per heavy atom. The number of nitrogens with zero attached hydrogens (tertiary/aromatic N) is 10. The van der Waals surface area contributed by atoms with Gasteiger partial charge >= 0.3 is 10.4 Å². The SMILES string of the molecule is C[n+]1cc(-c2ccc3c(c2)CC[C@H](CO/N=C(\C(=O)N[C@@H]2C(=O)N(OS(=O)(=O)ON4C(=O)[C@@H](NC(=O)/C(=N\OC[C@H]5CCc6cc(-c7cn(CCCN)[n+](C)c7)ccc6O5)c5csc(N)n5)C4(C)C)C2(C)C)c2csc(N)n2)O3)cn1CCCN. The summed E-state index contributed by atoms with van der Waals surface area (Å²) in [5, 5.41) is 17.6. The fourth-order valence-corrected chi connectivity index (χ4v) is 12.3. The largest absolute Gasteiger partial charge is 0.486 e. The van der Waals surface area contributed by atoms with E-state index in [1.165, 1.54) is 38.5 Å². The Morgan fingerprint density at radius 2 is 1.11 bits per heavy atom. The van der Waals surface area contributed by atoms with Crippen molar-refractivity contribution in [2.75, 3.05) is 37.8 Å². The number of hydrogen-bond donors (Lipinski definition) is 6. The van der Waals surface area contributed by atoms with Gasteiger partial charge in [0, 0.05) is 10.8 Å². The Balaban J connectivity index is 0.718. The number of hydrogen-bond acceptors (Lipinski definition) is 22. The highest BCUT2D eigenvalue weighted by Crippen LogP contribution is 2.38. The zero-order valence-electron chi connectivity index (χ0n) is 47.6. The van der Waals surface area contributed by atoms with Gasteiger partial charge in [-0.1, -0.05) is 22.4 Å². The molecular formula is C54H68N16O12S3+2. The maximum absolute atomic E-state index is 13.9. The standard InChI is InChI=1S/C54H66N16O12S3/c1-53(2)45(61-47(71)43(39-29-83-51(57)59-39)63-77-27-37-13-9-33-21-31(11-15-41(33)79-37)35-23-65(5)67(25-35)19-7-17-55)49(73)69(53)81-85(75,76)82-70-50(74)46(54(70,3)4)62-48(72)44(40-30-84-52(58)60-40)64-78-28-38-14-10-34-22-32(12-16-42(34)80-38)36-24-66(6)68(26-36)20-8-18-56/h11-12,15-16,21-26,29-30,37-38,45-46H,7-10,13-14,17-20,27-28,55-56H2,1-6H3,(H4-2,57,58,59,60,61,62,71,72)/p+2/b63-43-,64-44-/t37-,38-,45-,46-/m1/s1. The molecule has 85 heavy (non-hydrogen) atoms. The first-order valence-corrected chi connectivity index (χ1v) is 30.5. The Kier molecular flexibility index (Phi) is 17.3. The van der Waals surface area contributed by atoms with E-state index in [1.807, 2.05) is 47.7 Å². The number of carbonyl (C=O) groups excluding carboxylic acids is 4. The van der Waals surface area contributed by atoms with E-state index in [4.69, 9.17) is 50.7 Å². The molecule has 4 amide bonds. The summed E-state index contributed by atoms with van der Waals surface area (Å²) in [6.45, 7) is 8.45. The predicted octanol–water partition coefficient (Wildman–Crippen LogP) is 1.30. The number of amides is 4. The number of hydroxylamine groups is 4. The van der Waals surface area contributed by atoms with Gasteiger partial charge in [-0.25, -0.2) is 9.97 Å². The number of oxime groups is 2. The highest BCUT2D eigenvalue weighted by Gasteiger charge is 2.61. The van der Waals surface area contributed by atoms with Crippen molar-refractivity contribution in [3.8, 4) is 33.8 Å². The number of nitrogen functional groups attached to an aromatic ring is 2. The van der Waals surface area contributed by atoms with Gasteiger partial charge in [-0.05, 0) is 126 Å². The van der Waals surface area contributed by atoms with Gasteiger partial charge in [0.05, 0.1) is 47.7 Å². The zero-order valence-corrected chi connectivity index (χ0v) is 50.1. The Labute approximate surface area is 497 Å². The highest BCUT2D eigenvalue weighted by molar-refractivity contribution is 7.81. The Bertz CT molecular complexity index is 3470. The summed E-state index contributed by atoms with van der Waals surface area (Å²) in [5.74, 6) is -2.36. The number of aromatic nitrogens is 6. The molecule has 31 heteroatoms. The number of aryl methyl sites for hydroxylation is 6. The molecule has 10 rings (SSSR count). The molecule has 452 valence electrons. The van der Waals surface area contributed by atoms with E-state index in [9.17, 15) is 27.6 Å². The third kappa shape index (κ3) is 12.8. The normalized spacial score (nSPS) is 19.9. The van der Waals surface area contributed by atoms with E-state index in [2.05, 4.69) is 77.2 Å². The number of anilines is 2. The van der Waals surface area contributed by atoms with E-state index in [0.29, 0.717) is 60.4 Å². The lowest BCUT2D eigenvalue weighted by Gasteiger charge is -2.52. The average molecular weight is 1230 g/mol. The molecule has 0 saturated carbocycles. The molecule has 4 aliphatic rings. The van der Waals surface area contributed by atoms with E-state index < -0.39 is 69.4 Å². The molecule has 0 radical (unpaired) electrons. The zero-order chi connectivity index (χ0) is 60.5. The second-order valence-electron chi connectivity index (χ2n) is 21.9. The average Bonchev–Trinajstić information content (AvgIpc) is 1.65. The molecule has 28 nitrogen and oxygen atoms in total. The summed E-state index contributed by atoms with van der Waals surface area (Å²) < 4.78 is 58.0. The molecule has 0 spiro atoms. The van der Waals surface area contributed by atoms with Gasteiger partial charge in [0.15, 0.2) is 49.0 Å². The smallest absolute Gasteiger partial charge is 0.442 e. The molecule has 6 aromatic rings. The van der Waals surface area contributed by atoms with Crippen molar-refractivity contribution < 1.29 is 64.7 Å². The fraction of sp³-hybridized carbons (Fsp3) is 0.444. The number of rotatable bonds is 24. The van der Waals surface area contributed by atoms with Gasteiger partial charge < -0.3 is 52.7 Å². The number of nitrogens with two attached hydrogens (primary N) is 4. The fourth-order valence-electron chi connectivity index (χ4n) is 10.3. The van der Waals surface area contributed by atoms with Crippen LogP contribution in [0.2, 0.25) is 0 Å². The van der Waals surface area contributed by atoms with Gasteiger partial charge in [-0.3, -0.25) is 19.2 Å². The van der Waals surface area contributed by atoms with Crippen LogP contribution < -0.4 is 52.4 Å². The first kappa shape index (κ1) is 60.1. The molecule has 0 unspecified atom stereocenters. The maximum Gasteiger partial charge on any atom is 0.442 e. The molecule has 2 saturated heterocycles. The molecule has 0 bridgehead atoms. The first-order valence-electron chi connectivity index (χ1n) is 27.4. The van der Waals surface area contributed by atoms with E-state index in [1.54, 1.807) is 0 Å². The topological polar surface area (TPSA) is 361 Å². The van der Waals surface area contributed by atoms with Crippen LogP contribution in [0.4, 0.5) is 10.3 Å². The van der Waals surface area contributed by atoms with Crippen LogP contribution in [0.15, 0.2) is 82.3 Å². The highest BCUT2D eigenvalue weighted by atomic mass is 32.3. The van der Waals surface area contributed by atoms with Gasteiger partial charge in [0.2, 0.25) is 12.4 Å². The van der Waals surface area contributed by atoms with Crippen molar-refractivity contribution in [2.45, 2.75) is 115 Å². The van der Waals surface area contributed by atoms with Gasteiger partial charge in [-0.2, -0.15) is 27.9 Å². The van der Waals surface area contributed by atoms with Crippen LogP contribution >= 0.6 is 22.7 Å². The van der Waals surface area contributed by atoms with Crippen molar-refractivity contribution >= 4 is 78.4 Å². The quantitative estimate of drug-likeness (QED) is 0.0215. The summed E-state index contributed by atoms with van der Waals surface area (Å²) in [5.41, 5.74) is 26.0. The van der Waals surface area contributed by atoms with E-state index >= 15 is 0 Å². The second-order valence-corrected chi connectivity index (χ2v) is 24.8. The molecule has 2 fully saturated rings. The minimum absolute atomic E-state index is 0.0389. The lowest BCUT2D eigenvalue weighted by molar-refractivity contribution is -0.753. The summed E-state index contributed by atoms with van der Waals surface area (Å²) in [4.78, 5) is 74.8. The third-order valence-electron chi connectivity index (χ3n) is 15.1. The van der Waals surface area contributed by atoms with E-state index in [0.717, 1.165) is 82.0 Å². The van der Waals surface area contributed by atoms with Crippen molar-refractivity contribution in [3.63, 3.8) is 0 Å². The summed E-state index contributed by atoms with van der Waals surface area (Å²) in [6, 6.07) is 9.31. The number of nitrogens with one attached hydrogen (secondary N) is 2. The molecule has 2 aromatic carbocycles. The van der Waals surface area contributed by atoms with Crippen LogP contribution in [0, 0.1) is 0 Å². The number of benzene rings is 2. The maximum atomic E-state index is 13.9. The number of carbonyl (C=O) groups is 4. The van der Waals surface area contributed by atoms with Gasteiger partial charge in [-0.15, -0.1) is 40.6 Å². The molecule has 10 N–H and O–H groups in total. The molecular weight excluding hydrogens is 1160 g/mol. The van der Waals surface area contributed by atoms with Crippen molar-refractivity contribution in [2.24, 2.45) is 35.9 Å². The van der Waals surface area contributed by atoms with Crippen molar-refractivity contribution in [3.05, 3.63) is 94.5 Å². The molecule has 4 aliphatic heterocycles. The monoisotopic (exact) mass is 1230 g/mol. The molecule has 0 aliphatic carbocycles. The van der Waals surface area contributed by atoms with Crippen LogP contribution in [-0.4, -0.2) is 135 Å². The van der Waals surface area contributed by atoms with Crippen LogP contribution in [0.5, 0.6) is 11.5 Å². The molecule has 8 heterocycles. The van der Waals surface area contributed by atoms with Gasteiger partial charge in [0.25, 0.3) is 23.6 Å². The van der Waals surface area contributed by atoms with Gasteiger partial charge in [0.1, 0.15) is 47.2 Å². The third-order valence-corrected chi connectivity index (χ3v) is 17.1. The minimum atomic E-state index is -5.23. The number of ether oxygens (including phenoxy) is 2. The molecule has 4 aromatic heterocycles. The second kappa shape index (κ2) is 24.5. The number of fused-ring (bicyclic) bond motifs is 2. The summed E-state index contributed by atoms with van der Waals surface area (Å²) in [6.07, 6.45) is 11.8. The van der Waals surface area contributed by atoms with Crippen LogP contribution in [-0.2, 0) is 87.8 Å². The van der Waals surface area contributed by atoms with E-state index in [-0.39, 0.29) is 46.3 Å². The first-order chi connectivity index (χ1) is 40.5. The Morgan fingerprint density at radius 3 is 1.47 bits per heavy atom. The molecule has 4 atom stereocenters. The summed E-state index contributed by atoms with van der Waals surface area (Å²) >= 11 is 2.09.